The average Bonchev–Trinajstić information content (AvgIpc) is 2.39. The zero-order valence-electron chi connectivity index (χ0n) is 9.59. The molecule has 0 spiro atoms. The molecule has 1 fully saturated rings. The van der Waals surface area contributed by atoms with Gasteiger partial charge >= 0.3 is 0 Å². The van der Waals surface area contributed by atoms with Crippen molar-refractivity contribution < 1.29 is 4.79 Å². The van der Waals surface area contributed by atoms with Gasteiger partial charge in [0.2, 0.25) is 5.91 Å². The summed E-state index contributed by atoms with van der Waals surface area (Å²) in [5.74, 6) is 0.259. The van der Waals surface area contributed by atoms with Gasteiger partial charge in [-0.15, -0.1) is 0 Å². The van der Waals surface area contributed by atoms with Gasteiger partial charge in [0.1, 0.15) is 0 Å². The van der Waals surface area contributed by atoms with Crippen LogP contribution in [0.1, 0.15) is 13.3 Å². The molecule has 1 aromatic heterocycles. The van der Waals surface area contributed by atoms with Gasteiger partial charge in [0.25, 0.3) is 0 Å². The van der Waals surface area contributed by atoms with Crippen LogP contribution in [0.4, 0.5) is 5.69 Å². The summed E-state index contributed by atoms with van der Waals surface area (Å²) in [7, 11) is 0. The van der Waals surface area contributed by atoms with E-state index in [1.165, 1.54) is 5.69 Å². The van der Waals surface area contributed by atoms with E-state index in [4.69, 9.17) is 0 Å². The minimum absolute atomic E-state index is 0.259. The lowest BCUT2D eigenvalue weighted by atomic mass is 10.2. The lowest BCUT2D eigenvalue weighted by Crippen LogP contribution is -2.48. The predicted molar refractivity (Wildman–Crippen MR) is 63.3 cm³/mol. The lowest BCUT2D eigenvalue weighted by molar-refractivity contribution is -0.131. The van der Waals surface area contributed by atoms with Gasteiger partial charge < -0.3 is 9.80 Å². The van der Waals surface area contributed by atoms with Gasteiger partial charge in [0, 0.05) is 50.7 Å². The van der Waals surface area contributed by atoms with Gasteiger partial charge in [-0.25, -0.2) is 0 Å². The Hall–Kier alpha value is -1.58. The maximum absolute atomic E-state index is 11.5. The third-order valence-corrected chi connectivity index (χ3v) is 2.96. The molecule has 86 valence electrons. The van der Waals surface area contributed by atoms with Crippen molar-refractivity contribution in [1.29, 1.82) is 0 Å². The number of pyridine rings is 1. The molecule has 1 aliphatic rings. The third kappa shape index (κ3) is 2.32. The molecule has 0 atom stereocenters. The fourth-order valence-corrected chi connectivity index (χ4v) is 1.99. The second-order valence-corrected chi connectivity index (χ2v) is 3.93. The number of hydrogen-bond donors (Lipinski definition) is 0. The molecule has 0 aliphatic carbocycles. The number of piperazine rings is 1. The largest absolute Gasteiger partial charge is 0.368 e. The molecule has 16 heavy (non-hydrogen) atoms. The smallest absolute Gasteiger partial charge is 0.222 e. The highest BCUT2D eigenvalue weighted by atomic mass is 16.2. The highest BCUT2D eigenvalue weighted by molar-refractivity contribution is 5.76. The predicted octanol–water partition coefficient (Wildman–Crippen LogP) is 1.14. The maximum atomic E-state index is 11.5. The summed E-state index contributed by atoms with van der Waals surface area (Å²) in [6, 6.07) is 4.02. The Bertz CT molecular complexity index is 345. The molecule has 2 heterocycles. The van der Waals surface area contributed by atoms with Gasteiger partial charge in [-0.2, -0.15) is 0 Å². The van der Waals surface area contributed by atoms with Crippen LogP contribution in [0.15, 0.2) is 24.5 Å². The number of nitrogens with zero attached hydrogens (tertiary/aromatic N) is 3. The molecule has 2 rings (SSSR count). The van der Waals surface area contributed by atoms with Crippen molar-refractivity contribution in [3.8, 4) is 0 Å². The van der Waals surface area contributed by atoms with Crippen LogP contribution in [0.2, 0.25) is 0 Å². The first-order valence-electron chi connectivity index (χ1n) is 5.74. The van der Waals surface area contributed by atoms with Crippen molar-refractivity contribution in [2.24, 2.45) is 0 Å². The van der Waals surface area contributed by atoms with Gasteiger partial charge in [-0.05, 0) is 12.1 Å². The molecule has 0 N–H and O–H groups in total. The van der Waals surface area contributed by atoms with Crippen molar-refractivity contribution in [3.63, 3.8) is 0 Å². The number of hydrogen-bond acceptors (Lipinski definition) is 3. The third-order valence-electron chi connectivity index (χ3n) is 2.96. The molecule has 0 unspecified atom stereocenters. The zero-order chi connectivity index (χ0) is 11.4. The van der Waals surface area contributed by atoms with Crippen LogP contribution >= 0.6 is 0 Å². The second kappa shape index (κ2) is 4.96. The number of aromatic nitrogens is 1. The normalized spacial score (nSPS) is 16.3. The standard InChI is InChI=1S/C12H17N3O/c1-2-12(16)15-9-7-14(8-10-15)11-3-5-13-6-4-11/h3-6H,2,7-10H2,1H3. The highest BCUT2D eigenvalue weighted by Gasteiger charge is 2.19. The van der Waals surface area contributed by atoms with Crippen LogP contribution in [-0.2, 0) is 4.79 Å². The monoisotopic (exact) mass is 219 g/mol. The van der Waals surface area contributed by atoms with Crippen LogP contribution in [0.3, 0.4) is 0 Å². The molecular formula is C12H17N3O. The van der Waals surface area contributed by atoms with E-state index in [0.29, 0.717) is 6.42 Å². The first-order valence-corrected chi connectivity index (χ1v) is 5.74. The summed E-state index contributed by atoms with van der Waals surface area (Å²) in [4.78, 5) is 19.7. The summed E-state index contributed by atoms with van der Waals surface area (Å²) in [6.45, 7) is 5.40. The van der Waals surface area contributed by atoms with Crippen molar-refractivity contribution >= 4 is 11.6 Å². The number of anilines is 1. The van der Waals surface area contributed by atoms with Crippen molar-refractivity contribution in [3.05, 3.63) is 24.5 Å². The highest BCUT2D eigenvalue weighted by Crippen LogP contribution is 2.14. The second-order valence-electron chi connectivity index (χ2n) is 3.93. The Morgan fingerprint density at radius 3 is 2.44 bits per heavy atom. The summed E-state index contributed by atoms with van der Waals surface area (Å²) in [5, 5.41) is 0. The number of carbonyl (C=O) groups is 1. The van der Waals surface area contributed by atoms with E-state index in [1.54, 1.807) is 12.4 Å². The average molecular weight is 219 g/mol. The maximum Gasteiger partial charge on any atom is 0.222 e. The SMILES string of the molecule is CCC(=O)N1CCN(c2ccncc2)CC1. The van der Waals surface area contributed by atoms with Crippen LogP contribution in [0.5, 0.6) is 0 Å². The Labute approximate surface area is 95.9 Å². The Morgan fingerprint density at radius 1 is 1.25 bits per heavy atom. The van der Waals surface area contributed by atoms with Gasteiger partial charge in [-0.3, -0.25) is 9.78 Å². The van der Waals surface area contributed by atoms with Crippen LogP contribution in [0, 0.1) is 0 Å². The van der Waals surface area contributed by atoms with Crippen LogP contribution in [0.25, 0.3) is 0 Å². The van der Waals surface area contributed by atoms with Crippen molar-refractivity contribution in [1.82, 2.24) is 9.88 Å². The van der Waals surface area contributed by atoms with E-state index in [9.17, 15) is 4.79 Å². The molecule has 4 nitrogen and oxygen atoms in total. The van der Waals surface area contributed by atoms with E-state index in [1.807, 2.05) is 24.0 Å². The Kier molecular flexibility index (Phi) is 3.39. The molecule has 0 radical (unpaired) electrons. The van der Waals surface area contributed by atoms with Crippen molar-refractivity contribution in [2.75, 3.05) is 31.1 Å². The Morgan fingerprint density at radius 2 is 1.88 bits per heavy atom. The number of carbonyl (C=O) groups excluding carboxylic acids is 1. The minimum atomic E-state index is 0.259. The fourth-order valence-electron chi connectivity index (χ4n) is 1.99. The molecule has 1 saturated heterocycles. The molecule has 0 saturated carbocycles. The van der Waals surface area contributed by atoms with E-state index in [2.05, 4.69) is 9.88 Å². The van der Waals surface area contributed by atoms with E-state index in [-0.39, 0.29) is 5.91 Å². The topological polar surface area (TPSA) is 36.4 Å². The van der Waals surface area contributed by atoms with E-state index < -0.39 is 0 Å². The quantitative estimate of drug-likeness (QED) is 0.748. The van der Waals surface area contributed by atoms with Gasteiger partial charge in [0.05, 0.1) is 0 Å². The van der Waals surface area contributed by atoms with Crippen molar-refractivity contribution in [2.45, 2.75) is 13.3 Å². The van der Waals surface area contributed by atoms with Gasteiger partial charge in [0.15, 0.2) is 0 Å². The summed E-state index contributed by atoms with van der Waals surface area (Å²) >= 11 is 0. The van der Waals surface area contributed by atoms with E-state index >= 15 is 0 Å². The molecule has 0 aromatic carbocycles. The molecular weight excluding hydrogens is 202 g/mol. The first kappa shape index (κ1) is 10.9. The lowest BCUT2D eigenvalue weighted by Gasteiger charge is -2.35. The molecule has 1 aliphatic heterocycles. The molecule has 1 aromatic rings. The summed E-state index contributed by atoms with van der Waals surface area (Å²) < 4.78 is 0. The number of rotatable bonds is 2. The van der Waals surface area contributed by atoms with Gasteiger partial charge in [-0.1, -0.05) is 6.92 Å². The minimum Gasteiger partial charge on any atom is -0.368 e. The summed E-state index contributed by atoms with van der Waals surface area (Å²) in [6.07, 6.45) is 4.22. The van der Waals surface area contributed by atoms with Crippen LogP contribution in [-0.4, -0.2) is 42.0 Å². The zero-order valence-corrected chi connectivity index (χ0v) is 9.59. The molecule has 4 heteroatoms. The number of amides is 1. The molecule has 1 amide bonds. The van der Waals surface area contributed by atoms with Crippen LogP contribution < -0.4 is 4.90 Å². The summed E-state index contributed by atoms with van der Waals surface area (Å²) in [5.41, 5.74) is 1.19. The first-order chi connectivity index (χ1) is 7.81. The fraction of sp³-hybridized carbons (Fsp3) is 0.500. The molecule has 0 bridgehead atoms. The van der Waals surface area contributed by atoms with E-state index in [0.717, 1.165) is 26.2 Å². The Balaban J connectivity index is 1.93.